The minimum Gasteiger partial charge on any atom is -0.142 e. The summed E-state index contributed by atoms with van der Waals surface area (Å²) in [7, 11) is 0. The van der Waals surface area contributed by atoms with Gasteiger partial charge in [-0.05, 0) is 23.9 Å². The third-order valence-corrected chi connectivity index (χ3v) is 2.41. The van der Waals surface area contributed by atoms with Crippen LogP contribution in [0.3, 0.4) is 0 Å². The molecule has 12 heavy (non-hydrogen) atoms. The molecule has 0 aliphatic carbocycles. The van der Waals surface area contributed by atoms with E-state index in [0.29, 0.717) is 0 Å². The number of hydrogen-bond donors (Lipinski definition) is 0. The van der Waals surface area contributed by atoms with Crippen molar-refractivity contribution in [1.82, 2.24) is 0 Å². The largest absolute Gasteiger partial charge is 0.142 e. The molecule has 2 rings (SSSR count). The average molecular weight is 173 g/mol. The van der Waals surface area contributed by atoms with Gasteiger partial charge in [0.15, 0.2) is 0 Å². The minimum absolute atomic E-state index is 1.20. The van der Waals surface area contributed by atoms with Crippen molar-refractivity contribution in [2.45, 2.75) is 6.92 Å². The Morgan fingerprint density at radius 1 is 1.25 bits per heavy atom. The molecule has 1 aromatic heterocycles. The van der Waals surface area contributed by atoms with E-state index in [1.807, 2.05) is 0 Å². The highest BCUT2D eigenvalue weighted by Crippen LogP contribution is 2.21. The molecular formula is C11H9S. The van der Waals surface area contributed by atoms with Crippen LogP contribution in [0.25, 0.3) is 11.1 Å². The summed E-state index contributed by atoms with van der Waals surface area (Å²) in [5.41, 5.74) is 3.76. The molecule has 59 valence electrons. The molecule has 0 fully saturated rings. The molecule has 0 saturated heterocycles. The molecule has 1 heterocycles. The number of thiophene rings is 1. The molecule has 0 spiro atoms. The Bertz CT molecular complexity index is 360. The van der Waals surface area contributed by atoms with Gasteiger partial charge < -0.3 is 0 Å². The highest BCUT2D eigenvalue weighted by molar-refractivity contribution is 7.07. The standard InChI is InChI=1S/C11H9S/c1-9-3-2-4-10(7-9)11-5-6-12-8-11/h2-7H,1H3. The third kappa shape index (κ3) is 1.41. The van der Waals surface area contributed by atoms with Gasteiger partial charge in [0.1, 0.15) is 0 Å². The summed E-state index contributed by atoms with van der Waals surface area (Å²) in [6.45, 7) is 2.11. The molecular weight excluding hydrogens is 164 g/mol. The van der Waals surface area contributed by atoms with Crippen LogP contribution in [-0.4, -0.2) is 0 Å². The Morgan fingerprint density at radius 3 is 2.83 bits per heavy atom. The normalized spacial score (nSPS) is 10.1. The van der Waals surface area contributed by atoms with Crippen LogP contribution in [-0.2, 0) is 0 Å². The van der Waals surface area contributed by atoms with Crippen LogP contribution in [0.2, 0.25) is 0 Å². The van der Waals surface area contributed by atoms with Crippen LogP contribution in [0.5, 0.6) is 0 Å². The Hall–Kier alpha value is -1.08. The molecule has 0 aliphatic rings. The maximum absolute atomic E-state index is 3.22. The lowest BCUT2D eigenvalue weighted by atomic mass is 10.1. The SMILES string of the molecule is Cc1cccc(-c2[c]scc2)c1. The van der Waals surface area contributed by atoms with E-state index < -0.39 is 0 Å². The van der Waals surface area contributed by atoms with Crippen molar-refractivity contribution < 1.29 is 0 Å². The first-order valence-electron chi connectivity index (χ1n) is 3.88. The van der Waals surface area contributed by atoms with Gasteiger partial charge in [-0.2, -0.15) is 0 Å². The van der Waals surface area contributed by atoms with Crippen molar-refractivity contribution in [2.24, 2.45) is 0 Å². The fraction of sp³-hybridized carbons (Fsp3) is 0.0909. The Morgan fingerprint density at radius 2 is 2.17 bits per heavy atom. The second kappa shape index (κ2) is 3.11. The zero-order chi connectivity index (χ0) is 8.39. The van der Waals surface area contributed by atoms with Gasteiger partial charge in [0, 0.05) is 5.56 Å². The van der Waals surface area contributed by atoms with Crippen molar-refractivity contribution >= 4 is 11.3 Å². The monoisotopic (exact) mass is 173 g/mol. The van der Waals surface area contributed by atoms with Crippen LogP contribution >= 0.6 is 11.3 Å². The molecule has 0 saturated carbocycles. The molecule has 0 nitrogen and oxygen atoms in total. The Balaban J connectivity index is 2.48. The van der Waals surface area contributed by atoms with Crippen molar-refractivity contribution in [3.63, 3.8) is 0 Å². The molecule has 1 radical (unpaired) electrons. The molecule has 2 aromatic rings. The summed E-state index contributed by atoms with van der Waals surface area (Å²) >= 11 is 1.62. The summed E-state index contributed by atoms with van der Waals surface area (Å²) in [6.07, 6.45) is 0. The molecule has 0 aliphatic heterocycles. The van der Waals surface area contributed by atoms with E-state index in [9.17, 15) is 0 Å². The van der Waals surface area contributed by atoms with E-state index in [2.05, 4.69) is 48.0 Å². The van der Waals surface area contributed by atoms with E-state index in [-0.39, 0.29) is 0 Å². The van der Waals surface area contributed by atoms with E-state index >= 15 is 0 Å². The van der Waals surface area contributed by atoms with Gasteiger partial charge in [-0.1, -0.05) is 29.8 Å². The number of hydrogen-bond acceptors (Lipinski definition) is 1. The molecule has 1 heteroatoms. The molecule has 0 N–H and O–H groups in total. The van der Waals surface area contributed by atoms with Crippen molar-refractivity contribution in [1.29, 1.82) is 0 Å². The zero-order valence-corrected chi connectivity index (χ0v) is 7.69. The van der Waals surface area contributed by atoms with E-state index in [4.69, 9.17) is 0 Å². The molecule has 0 bridgehead atoms. The third-order valence-electron chi connectivity index (χ3n) is 1.80. The second-order valence-electron chi connectivity index (χ2n) is 2.81. The van der Waals surface area contributed by atoms with Crippen molar-refractivity contribution in [3.8, 4) is 11.1 Å². The maximum Gasteiger partial charge on any atom is 0.0527 e. The highest BCUT2D eigenvalue weighted by Gasteiger charge is 1.96. The van der Waals surface area contributed by atoms with Crippen LogP contribution in [0.4, 0.5) is 0 Å². The van der Waals surface area contributed by atoms with Gasteiger partial charge in [-0.25, -0.2) is 0 Å². The average Bonchev–Trinajstić information content (AvgIpc) is 2.56. The summed E-state index contributed by atoms with van der Waals surface area (Å²) in [5.74, 6) is 0. The summed E-state index contributed by atoms with van der Waals surface area (Å²) in [4.78, 5) is 0. The summed E-state index contributed by atoms with van der Waals surface area (Å²) in [6, 6.07) is 10.6. The van der Waals surface area contributed by atoms with Crippen molar-refractivity contribution in [3.05, 3.63) is 46.7 Å². The second-order valence-corrected chi connectivity index (χ2v) is 3.52. The first kappa shape index (κ1) is 7.56. The van der Waals surface area contributed by atoms with E-state index in [1.165, 1.54) is 16.7 Å². The lowest BCUT2D eigenvalue weighted by Crippen LogP contribution is -1.74. The first-order chi connectivity index (χ1) is 5.86. The van der Waals surface area contributed by atoms with Crippen LogP contribution in [0, 0.1) is 12.3 Å². The van der Waals surface area contributed by atoms with Crippen LogP contribution in [0.15, 0.2) is 35.7 Å². The predicted molar refractivity (Wildman–Crippen MR) is 53.3 cm³/mol. The van der Waals surface area contributed by atoms with Gasteiger partial charge in [-0.3, -0.25) is 0 Å². The smallest absolute Gasteiger partial charge is 0.0527 e. The minimum atomic E-state index is 1.20. The van der Waals surface area contributed by atoms with Gasteiger partial charge in [0.05, 0.1) is 5.38 Å². The van der Waals surface area contributed by atoms with Crippen LogP contribution in [0.1, 0.15) is 5.56 Å². The van der Waals surface area contributed by atoms with Gasteiger partial charge in [-0.15, -0.1) is 11.3 Å². The first-order valence-corrected chi connectivity index (χ1v) is 4.76. The zero-order valence-electron chi connectivity index (χ0n) is 6.87. The van der Waals surface area contributed by atoms with Gasteiger partial charge in [0.2, 0.25) is 0 Å². The highest BCUT2D eigenvalue weighted by atomic mass is 32.1. The quantitative estimate of drug-likeness (QED) is 0.619. The number of aryl methyl sites for hydroxylation is 1. The number of rotatable bonds is 1. The molecule has 0 unspecified atom stereocenters. The van der Waals surface area contributed by atoms with Crippen LogP contribution < -0.4 is 0 Å². The lowest BCUT2D eigenvalue weighted by Gasteiger charge is -1.97. The molecule has 0 amide bonds. The molecule has 0 atom stereocenters. The fourth-order valence-corrected chi connectivity index (χ4v) is 1.79. The maximum atomic E-state index is 3.22. The number of benzene rings is 1. The Labute approximate surface area is 76.5 Å². The van der Waals surface area contributed by atoms with Crippen molar-refractivity contribution in [2.75, 3.05) is 0 Å². The van der Waals surface area contributed by atoms with Gasteiger partial charge in [0.25, 0.3) is 0 Å². The van der Waals surface area contributed by atoms with E-state index in [1.54, 1.807) is 11.3 Å². The Kier molecular flexibility index (Phi) is 1.96. The molecule has 1 aromatic carbocycles. The lowest BCUT2D eigenvalue weighted by molar-refractivity contribution is 1.47. The fourth-order valence-electron chi connectivity index (χ4n) is 1.20. The summed E-state index contributed by atoms with van der Waals surface area (Å²) < 4.78 is 0. The predicted octanol–water partition coefficient (Wildman–Crippen LogP) is 3.52. The topological polar surface area (TPSA) is 0 Å². The van der Waals surface area contributed by atoms with Gasteiger partial charge >= 0.3 is 0 Å². The van der Waals surface area contributed by atoms with E-state index in [0.717, 1.165) is 0 Å². The summed E-state index contributed by atoms with van der Waals surface area (Å²) in [5, 5.41) is 5.28.